The van der Waals surface area contributed by atoms with Gasteiger partial charge in [-0.1, -0.05) is 6.07 Å². The number of carboxylic acids is 1. The first-order chi connectivity index (χ1) is 11.6. The van der Waals surface area contributed by atoms with Gasteiger partial charge < -0.3 is 35.4 Å². The van der Waals surface area contributed by atoms with Crippen LogP contribution in [0.3, 0.4) is 0 Å². The van der Waals surface area contributed by atoms with E-state index in [-0.39, 0.29) is 11.5 Å². The van der Waals surface area contributed by atoms with E-state index in [4.69, 9.17) is 9.84 Å². The highest BCUT2D eigenvalue weighted by molar-refractivity contribution is 5.87. The van der Waals surface area contributed by atoms with Crippen molar-refractivity contribution in [3.05, 3.63) is 29.8 Å². The van der Waals surface area contributed by atoms with E-state index in [0.29, 0.717) is 5.56 Å². The highest BCUT2D eigenvalue weighted by Crippen LogP contribution is 2.31. The molecule has 1 aromatic carbocycles. The van der Waals surface area contributed by atoms with Crippen LogP contribution >= 0.6 is 0 Å². The number of hydrogen-bond donors (Lipinski definition) is 6. The van der Waals surface area contributed by atoms with Crippen LogP contribution in [0.15, 0.2) is 24.3 Å². The Morgan fingerprint density at radius 2 is 1.84 bits per heavy atom. The molecule has 1 aliphatic rings. The Morgan fingerprint density at radius 1 is 1.16 bits per heavy atom. The molecule has 0 aromatic heterocycles. The van der Waals surface area contributed by atoms with Crippen molar-refractivity contribution in [3.8, 4) is 11.5 Å². The van der Waals surface area contributed by atoms with Crippen LogP contribution < -0.4 is 0 Å². The van der Waals surface area contributed by atoms with Gasteiger partial charge in [0.15, 0.2) is 17.1 Å². The first-order valence-corrected chi connectivity index (χ1v) is 7.35. The maximum atomic E-state index is 11.8. The number of aliphatic carboxylic acids is 1. The van der Waals surface area contributed by atoms with Crippen LogP contribution in [0, 0.1) is 0 Å². The number of hydrogen-bond acceptors (Lipinski definition) is 8. The second-order valence-corrected chi connectivity index (χ2v) is 5.86. The second-order valence-electron chi connectivity index (χ2n) is 5.86. The highest BCUT2D eigenvalue weighted by atomic mass is 16.6. The zero-order chi connectivity index (χ0) is 18.8. The quantitative estimate of drug-likeness (QED) is 0.234. The van der Waals surface area contributed by atoms with Gasteiger partial charge in [0.05, 0.1) is 6.10 Å². The molecule has 1 unspecified atom stereocenters. The number of carboxylic acid groups (broad SMARTS) is 1. The minimum atomic E-state index is -2.31. The largest absolute Gasteiger partial charge is 0.504 e. The Kier molecular flexibility index (Phi) is 5.31. The summed E-state index contributed by atoms with van der Waals surface area (Å²) in [6.07, 6.45) is -3.44. The van der Waals surface area contributed by atoms with E-state index in [1.54, 1.807) is 0 Å². The maximum Gasteiger partial charge on any atom is 0.335 e. The Bertz CT molecular complexity index is 699. The fourth-order valence-corrected chi connectivity index (χ4v) is 2.53. The standard InChI is InChI=1S/C16H18O9/c17-9-3-1-8(5-10(9)18)2-4-13(20)25-12-7-16(24,15(22)23)6-11(19)14(12)21/h1-5,11-12,14,17-19,21,24H,6-7H2,(H,22,23)/b4-2+/t11-,12?,14+,16-/m0/s1. The van der Waals surface area contributed by atoms with Crippen LogP contribution in [0.1, 0.15) is 18.4 Å². The third kappa shape index (κ3) is 4.27. The number of aliphatic hydroxyl groups excluding tert-OH is 2. The molecule has 9 heteroatoms. The van der Waals surface area contributed by atoms with Crippen molar-refractivity contribution in [2.45, 2.75) is 36.8 Å². The van der Waals surface area contributed by atoms with Gasteiger partial charge in [0.1, 0.15) is 12.2 Å². The fourth-order valence-electron chi connectivity index (χ4n) is 2.53. The molecule has 1 aromatic rings. The second kappa shape index (κ2) is 7.09. The van der Waals surface area contributed by atoms with Crippen LogP contribution in [0.4, 0.5) is 0 Å². The summed E-state index contributed by atoms with van der Waals surface area (Å²) in [5.74, 6) is -3.24. The number of phenols is 2. The van der Waals surface area contributed by atoms with Gasteiger partial charge in [-0.3, -0.25) is 0 Å². The molecule has 4 atom stereocenters. The topological polar surface area (TPSA) is 165 Å². The van der Waals surface area contributed by atoms with Crippen LogP contribution in [0.2, 0.25) is 0 Å². The van der Waals surface area contributed by atoms with Gasteiger partial charge in [0, 0.05) is 18.9 Å². The molecular weight excluding hydrogens is 336 g/mol. The molecule has 9 nitrogen and oxygen atoms in total. The summed E-state index contributed by atoms with van der Waals surface area (Å²) in [7, 11) is 0. The van der Waals surface area contributed by atoms with Crippen molar-refractivity contribution >= 4 is 18.0 Å². The summed E-state index contributed by atoms with van der Waals surface area (Å²) in [5, 5.41) is 57.0. The lowest BCUT2D eigenvalue weighted by Crippen LogP contribution is -2.57. The van der Waals surface area contributed by atoms with E-state index in [9.17, 15) is 35.1 Å². The molecule has 0 heterocycles. The summed E-state index contributed by atoms with van der Waals surface area (Å²) in [6, 6.07) is 3.83. The molecule has 2 rings (SSSR count). The monoisotopic (exact) mass is 354 g/mol. The zero-order valence-electron chi connectivity index (χ0n) is 12.9. The number of esters is 1. The number of carbonyl (C=O) groups is 2. The minimum Gasteiger partial charge on any atom is -0.504 e. The number of benzene rings is 1. The van der Waals surface area contributed by atoms with Crippen molar-refractivity contribution in [2.75, 3.05) is 0 Å². The molecule has 0 spiro atoms. The van der Waals surface area contributed by atoms with Crippen LogP contribution in [0.25, 0.3) is 6.08 Å². The van der Waals surface area contributed by atoms with Gasteiger partial charge in [0.2, 0.25) is 0 Å². The Hall–Kier alpha value is -2.62. The lowest BCUT2D eigenvalue weighted by atomic mass is 9.79. The molecule has 0 bridgehead atoms. The normalized spacial score (nSPS) is 29.5. The van der Waals surface area contributed by atoms with E-state index in [2.05, 4.69) is 0 Å². The van der Waals surface area contributed by atoms with Gasteiger partial charge in [-0.05, 0) is 23.8 Å². The predicted molar refractivity (Wildman–Crippen MR) is 82.5 cm³/mol. The van der Waals surface area contributed by atoms with E-state index in [0.717, 1.165) is 6.08 Å². The average Bonchev–Trinajstić information content (AvgIpc) is 2.53. The van der Waals surface area contributed by atoms with Crippen molar-refractivity contribution in [3.63, 3.8) is 0 Å². The van der Waals surface area contributed by atoms with Crippen molar-refractivity contribution in [1.29, 1.82) is 0 Å². The molecule has 1 aliphatic carbocycles. The molecule has 0 amide bonds. The van der Waals surface area contributed by atoms with Crippen molar-refractivity contribution in [2.24, 2.45) is 0 Å². The summed E-state index contributed by atoms with van der Waals surface area (Å²) >= 11 is 0. The van der Waals surface area contributed by atoms with Crippen LogP contribution in [-0.2, 0) is 14.3 Å². The molecule has 0 radical (unpaired) electrons. The maximum absolute atomic E-state index is 11.8. The Balaban J connectivity index is 2.06. The molecular formula is C16H18O9. The van der Waals surface area contributed by atoms with Crippen LogP contribution in [0.5, 0.6) is 11.5 Å². The van der Waals surface area contributed by atoms with Gasteiger partial charge in [-0.15, -0.1) is 0 Å². The SMILES string of the molecule is O=C(/C=C/c1ccc(O)c(O)c1)OC1C[C@](O)(C(=O)O)C[C@H](O)[C@H]1O. The average molecular weight is 354 g/mol. The van der Waals surface area contributed by atoms with E-state index in [1.165, 1.54) is 24.3 Å². The highest BCUT2D eigenvalue weighted by Gasteiger charge is 2.50. The molecule has 1 saturated carbocycles. The first kappa shape index (κ1) is 18.7. The molecule has 6 N–H and O–H groups in total. The smallest absolute Gasteiger partial charge is 0.335 e. The molecule has 136 valence electrons. The number of aromatic hydroxyl groups is 2. The molecule has 25 heavy (non-hydrogen) atoms. The van der Waals surface area contributed by atoms with Gasteiger partial charge in [-0.2, -0.15) is 0 Å². The molecule has 0 saturated heterocycles. The third-order valence-corrected chi connectivity index (χ3v) is 3.94. The summed E-state index contributed by atoms with van der Waals surface area (Å²) < 4.78 is 4.92. The predicted octanol–water partition coefficient (Wildman–Crippen LogP) is -0.646. The fraction of sp³-hybridized carbons (Fsp3) is 0.375. The van der Waals surface area contributed by atoms with E-state index in [1.807, 2.05) is 0 Å². The molecule has 0 aliphatic heterocycles. The summed E-state index contributed by atoms with van der Waals surface area (Å²) in [5.41, 5.74) is -1.94. The van der Waals surface area contributed by atoms with Gasteiger partial charge >= 0.3 is 11.9 Å². The number of rotatable bonds is 4. The van der Waals surface area contributed by atoms with Gasteiger partial charge in [-0.25, -0.2) is 9.59 Å². The molecule has 1 fully saturated rings. The van der Waals surface area contributed by atoms with Gasteiger partial charge in [0.25, 0.3) is 0 Å². The number of aliphatic hydroxyl groups is 3. The number of ether oxygens (including phenoxy) is 1. The van der Waals surface area contributed by atoms with Crippen molar-refractivity contribution in [1.82, 2.24) is 0 Å². The van der Waals surface area contributed by atoms with Crippen LogP contribution in [-0.4, -0.2) is 66.5 Å². The lowest BCUT2D eigenvalue weighted by molar-refractivity contribution is -0.196. The minimum absolute atomic E-state index is 0.327. The van der Waals surface area contributed by atoms with E-state index >= 15 is 0 Å². The van der Waals surface area contributed by atoms with E-state index < -0.39 is 48.7 Å². The summed E-state index contributed by atoms with van der Waals surface area (Å²) in [6.45, 7) is 0. The Morgan fingerprint density at radius 3 is 2.44 bits per heavy atom. The third-order valence-electron chi connectivity index (χ3n) is 3.94. The number of phenolic OH excluding ortho intramolecular Hbond substituents is 2. The lowest BCUT2D eigenvalue weighted by Gasteiger charge is -2.39. The zero-order valence-corrected chi connectivity index (χ0v) is 12.9. The number of carbonyl (C=O) groups excluding carboxylic acids is 1. The Labute approximate surface area is 142 Å². The van der Waals surface area contributed by atoms with Crippen molar-refractivity contribution < 1.29 is 45.0 Å². The summed E-state index contributed by atoms with van der Waals surface area (Å²) in [4.78, 5) is 22.9. The first-order valence-electron chi connectivity index (χ1n) is 7.35.